The van der Waals surface area contributed by atoms with Crippen molar-refractivity contribution < 1.29 is 0 Å². The SMILES string of the molecule is CC.CC(N)C1=Bc2ccccc2Cc2ccccc21. The molecule has 0 saturated carbocycles. The van der Waals surface area contributed by atoms with E-state index in [9.17, 15) is 0 Å². The van der Waals surface area contributed by atoms with Crippen LogP contribution in [0.15, 0.2) is 48.5 Å². The van der Waals surface area contributed by atoms with Crippen LogP contribution in [-0.4, -0.2) is 18.4 Å². The first-order chi connectivity index (χ1) is 9.75. The molecule has 1 aliphatic heterocycles. The Balaban J connectivity index is 0.000000704. The second kappa shape index (κ2) is 6.67. The molecule has 0 fully saturated rings. The van der Waals surface area contributed by atoms with E-state index in [0.717, 1.165) is 6.42 Å². The van der Waals surface area contributed by atoms with Crippen molar-refractivity contribution in [2.45, 2.75) is 33.2 Å². The van der Waals surface area contributed by atoms with Crippen molar-refractivity contribution in [3.63, 3.8) is 0 Å². The van der Waals surface area contributed by atoms with Gasteiger partial charge in [0, 0.05) is 0 Å². The topological polar surface area (TPSA) is 26.0 Å². The summed E-state index contributed by atoms with van der Waals surface area (Å²) < 4.78 is 0. The summed E-state index contributed by atoms with van der Waals surface area (Å²) >= 11 is 0. The Kier molecular flexibility index (Phi) is 4.91. The van der Waals surface area contributed by atoms with Crippen LogP contribution in [0.2, 0.25) is 0 Å². The first kappa shape index (κ1) is 14.7. The van der Waals surface area contributed by atoms with Crippen LogP contribution in [0.1, 0.15) is 37.5 Å². The van der Waals surface area contributed by atoms with E-state index in [0.29, 0.717) is 0 Å². The number of hydrogen-bond donors (Lipinski definition) is 1. The van der Waals surface area contributed by atoms with Gasteiger partial charge in [0.15, 0.2) is 0 Å². The van der Waals surface area contributed by atoms with E-state index in [1.165, 1.54) is 27.6 Å². The number of rotatable bonds is 1. The molecule has 1 heterocycles. The van der Waals surface area contributed by atoms with Crippen LogP contribution in [0, 0.1) is 0 Å². The predicted molar refractivity (Wildman–Crippen MR) is 90.2 cm³/mol. The number of hydrogen-bond acceptors (Lipinski definition) is 1. The molecule has 1 aliphatic rings. The van der Waals surface area contributed by atoms with Gasteiger partial charge in [-0.05, 0) is 0 Å². The third kappa shape index (κ3) is 2.91. The predicted octanol–water partition coefficient (Wildman–Crippen LogP) is 2.51. The first-order valence-electron chi connectivity index (χ1n) is 7.39. The average molecular weight is 263 g/mol. The first-order valence-corrected chi connectivity index (χ1v) is 7.39. The monoisotopic (exact) mass is 263 g/mol. The van der Waals surface area contributed by atoms with Gasteiger partial charge >= 0.3 is 108 Å². The minimum absolute atomic E-state index is 0.0531. The summed E-state index contributed by atoms with van der Waals surface area (Å²) in [7, 11) is 0. The molecule has 2 N–H and O–H groups in total. The normalized spacial score (nSPS) is 13.5. The van der Waals surface area contributed by atoms with Crippen LogP contribution in [0.25, 0.3) is 0 Å². The fourth-order valence-electron chi connectivity index (χ4n) is 2.62. The van der Waals surface area contributed by atoms with Gasteiger partial charge in [-0.25, -0.2) is 0 Å². The molecule has 2 aromatic rings. The van der Waals surface area contributed by atoms with Gasteiger partial charge < -0.3 is 0 Å². The molecule has 0 spiro atoms. The summed E-state index contributed by atoms with van der Waals surface area (Å²) in [5, 5.41) is 0. The van der Waals surface area contributed by atoms with Crippen molar-refractivity contribution in [2.24, 2.45) is 5.73 Å². The molecule has 2 heteroatoms. The van der Waals surface area contributed by atoms with Gasteiger partial charge in [-0.2, -0.15) is 0 Å². The van der Waals surface area contributed by atoms with Crippen molar-refractivity contribution in [3.8, 4) is 0 Å². The second-order valence-corrected chi connectivity index (χ2v) is 4.92. The summed E-state index contributed by atoms with van der Waals surface area (Å²) in [5.74, 6) is 0. The Morgan fingerprint density at radius 3 is 2.25 bits per heavy atom. The van der Waals surface area contributed by atoms with Crippen LogP contribution in [-0.2, 0) is 6.42 Å². The molecule has 1 unspecified atom stereocenters. The Bertz CT molecular complexity index is 614. The van der Waals surface area contributed by atoms with Gasteiger partial charge in [0.25, 0.3) is 0 Å². The van der Waals surface area contributed by atoms with Crippen molar-refractivity contribution in [1.29, 1.82) is 0 Å². The van der Waals surface area contributed by atoms with E-state index in [-0.39, 0.29) is 6.04 Å². The van der Waals surface area contributed by atoms with Crippen LogP contribution in [0.4, 0.5) is 0 Å². The summed E-state index contributed by atoms with van der Waals surface area (Å²) in [4.78, 5) is 0. The molecule has 0 aliphatic carbocycles. The molecule has 2 aromatic carbocycles. The molecule has 0 bridgehead atoms. The third-order valence-electron chi connectivity index (χ3n) is 3.57. The van der Waals surface area contributed by atoms with E-state index in [2.05, 4.69) is 62.4 Å². The molecule has 0 aromatic heterocycles. The van der Waals surface area contributed by atoms with Crippen molar-refractivity contribution in [1.82, 2.24) is 0 Å². The Morgan fingerprint density at radius 2 is 1.55 bits per heavy atom. The summed E-state index contributed by atoms with van der Waals surface area (Å²) in [5.41, 5.74) is 12.7. The van der Waals surface area contributed by atoms with Crippen molar-refractivity contribution in [3.05, 3.63) is 65.2 Å². The quantitative estimate of drug-likeness (QED) is 0.786. The van der Waals surface area contributed by atoms with Crippen LogP contribution in [0.3, 0.4) is 0 Å². The van der Waals surface area contributed by atoms with Crippen LogP contribution >= 0.6 is 0 Å². The second-order valence-electron chi connectivity index (χ2n) is 4.92. The van der Waals surface area contributed by atoms with E-state index < -0.39 is 0 Å². The van der Waals surface area contributed by atoms with Gasteiger partial charge in [-0.15, -0.1) is 0 Å². The molecule has 0 radical (unpaired) electrons. The van der Waals surface area contributed by atoms with Gasteiger partial charge in [-0.1, -0.05) is 13.8 Å². The molecule has 102 valence electrons. The zero-order chi connectivity index (χ0) is 14.5. The molecule has 0 saturated heterocycles. The fourth-order valence-corrected chi connectivity index (χ4v) is 2.62. The fraction of sp³-hybridized carbons (Fsp3) is 0.278. The number of benzene rings is 2. The zero-order valence-electron chi connectivity index (χ0n) is 12.6. The maximum absolute atomic E-state index is 6.14. The van der Waals surface area contributed by atoms with Crippen molar-refractivity contribution in [2.75, 3.05) is 0 Å². The van der Waals surface area contributed by atoms with E-state index >= 15 is 0 Å². The molecule has 3 rings (SSSR count). The van der Waals surface area contributed by atoms with Crippen LogP contribution < -0.4 is 11.2 Å². The maximum atomic E-state index is 6.14. The molecular weight excluding hydrogens is 241 g/mol. The molecule has 1 nitrogen and oxygen atoms in total. The van der Waals surface area contributed by atoms with Crippen LogP contribution in [0.5, 0.6) is 0 Å². The summed E-state index contributed by atoms with van der Waals surface area (Å²) in [6, 6.07) is 17.2. The Morgan fingerprint density at radius 1 is 0.950 bits per heavy atom. The van der Waals surface area contributed by atoms with Gasteiger partial charge in [0.2, 0.25) is 0 Å². The molecule has 0 amide bonds. The standard InChI is InChI=1S/C16H16BN.C2H6/c1-11(18)16-14-8-4-2-6-12(14)10-13-7-3-5-9-15(13)17-16;1-2/h2-9,11H,10,18H2,1H3;1-2H3. The summed E-state index contributed by atoms with van der Waals surface area (Å²) in [6.45, 7) is 8.29. The number of nitrogens with two attached hydrogens (primary N) is 1. The zero-order valence-corrected chi connectivity index (χ0v) is 12.6. The third-order valence-corrected chi connectivity index (χ3v) is 3.57. The summed E-state index contributed by atoms with van der Waals surface area (Å²) in [6.07, 6.45) is 0.985. The van der Waals surface area contributed by atoms with E-state index in [4.69, 9.17) is 5.73 Å². The number of fused-ring (bicyclic) bond motifs is 2. The Labute approximate surface area is 122 Å². The van der Waals surface area contributed by atoms with E-state index in [1.54, 1.807) is 0 Å². The van der Waals surface area contributed by atoms with Crippen molar-refractivity contribution >= 4 is 17.8 Å². The van der Waals surface area contributed by atoms with E-state index in [1.807, 2.05) is 13.8 Å². The van der Waals surface area contributed by atoms with Gasteiger partial charge in [0.1, 0.15) is 0 Å². The van der Waals surface area contributed by atoms with Gasteiger partial charge in [-0.3, -0.25) is 0 Å². The molecule has 1 atom stereocenters. The average Bonchev–Trinajstić information content (AvgIpc) is 2.65. The minimum atomic E-state index is 0.0531. The molecular formula is C18H22BN. The van der Waals surface area contributed by atoms with Gasteiger partial charge in [0.05, 0.1) is 0 Å². The Hall–Kier alpha value is -1.67. The molecule has 20 heavy (non-hydrogen) atoms.